The van der Waals surface area contributed by atoms with Crippen LogP contribution in [0.15, 0.2) is 48.5 Å². The number of hydrogen-bond acceptors (Lipinski definition) is 4. The maximum absolute atomic E-state index is 15.5. The molecule has 192 valence electrons. The van der Waals surface area contributed by atoms with E-state index in [2.05, 4.69) is 18.5 Å². The minimum absolute atomic E-state index is 0.135. The summed E-state index contributed by atoms with van der Waals surface area (Å²) >= 11 is 0. The highest BCUT2D eigenvalue weighted by Crippen LogP contribution is 2.42. The Morgan fingerprint density at radius 3 is 2.42 bits per heavy atom. The summed E-state index contributed by atoms with van der Waals surface area (Å²) in [5, 5.41) is 13.9. The fourth-order valence-electron chi connectivity index (χ4n) is 5.26. The molecule has 1 fully saturated rings. The second kappa shape index (κ2) is 11.7. The zero-order valence-corrected chi connectivity index (χ0v) is 21.2. The SMILES string of the molecule is COc1cccc(-c2c(-c3ccccc3)nn(C[C@H]3CC[C@H](COCC(=O)O)CC3)c2C(C)C)c1F. The van der Waals surface area contributed by atoms with Gasteiger partial charge in [-0.1, -0.05) is 56.3 Å². The van der Waals surface area contributed by atoms with Crippen molar-refractivity contribution >= 4 is 5.97 Å². The van der Waals surface area contributed by atoms with Crippen LogP contribution in [0.25, 0.3) is 22.4 Å². The first-order valence-corrected chi connectivity index (χ1v) is 12.7. The zero-order chi connectivity index (χ0) is 25.7. The average Bonchev–Trinajstić information content (AvgIpc) is 3.24. The monoisotopic (exact) mass is 494 g/mol. The lowest BCUT2D eigenvalue weighted by Gasteiger charge is -2.29. The molecule has 6 nitrogen and oxygen atoms in total. The van der Waals surface area contributed by atoms with Crippen molar-refractivity contribution in [3.63, 3.8) is 0 Å². The van der Waals surface area contributed by atoms with E-state index in [9.17, 15) is 4.79 Å². The lowest BCUT2D eigenvalue weighted by molar-refractivity contribution is -0.142. The molecule has 0 atom stereocenters. The average molecular weight is 495 g/mol. The molecule has 3 aromatic rings. The summed E-state index contributed by atoms with van der Waals surface area (Å²) < 4.78 is 28.3. The molecule has 7 heteroatoms. The van der Waals surface area contributed by atoms with Gasteiger partial charge >= 0.3 is 5.97 Å². The third kappa shape index (κ3) is 5.78. The normalized spacial score (nSPS) is 17.9. The standard InChI is InChI=1S/C29H35FN2O4/c1-19(2)29-26(23-10-7-11-24(35-3)27(23)30)28(22-8-5-4-6-9-22)31-32(29)16-20-12-14-21(15-13-20)17-36-18-25(33)34/h4-11,19-21H,12-18H2,1-3H3,(H,33,34)/t20-,21-. The van der Waals surface area contributed by atoms with Gasteiger partial charge in [0.25, 0.3) is 0 Å². The first-order valence-electron chi connectivity index (χ1n) is 12.7. The van der Waals surface area contributed by atoms with Crippen molar-refractivity contribution in [3.05, 3.63) is 60.0 Å². The van der Waals surface area contributed by atoms with Crippen molar-refractivity contribution in [2.75, 3.05) is 20.3 Å². The molecule has 0 amide bonds. The minimum Gasteiger partial charge on any atom is -0.494 e. The molecular weight excluding hydrogens is 459 g/mol. The Balaban J connectivity index is 1.66. The van der Waals surface area contributed by atoms with Crippen LogP contribution in [0, 0.1) is 17.7 Å². The molecule has 36 heavy (non-hydrogen) atoms. The summed E-state index contributed by atoms with van der Waals surface area (Å²) in [4.78, 5) is 10.7. The van der Waals surface area contributed by atoms with Crippen LogP contribution < -0.4 is 4.74 Å². The number of hydrogen-bond donors (Lipinski definition) is 1. The number of ether oxygens (including phenoxy) is 2. The van der Waals surface area contributed by atoms with Crippen molar-refractivity contribution < 1.29 is 23.8 Å². The van der Waals surface area contributed by atoms with Gasteiger partial charge in [-0.15, -0.1) is 0 Å². The molecule has 0 spiro atoms. The van der Waals surface area contributed by atoms with Gasteiger partial charge in [0, 0.05) is 28.9 Å². The highest BCUT2D eigenvalue weighted by atomic mass is 19.1. The van der Waals surface area contributed by atoms with Crippen LogP contribution in [-0.2, 0) is 16.1 Å². The lowest BCUT2D eigenvalue weighted by Crippen LogP contribution is -2.24. The number of aliphatic carboxylic acids is 1. The summed E-state index contributed by atoms with van der Waals surface area (Å²) in [6.07, 6.45) is 4.07. The quantitative estimate of drug-likeness (QED) is 0.353. The molecule has 1 aliphatic carbocycles. The van der Waals surface area contributed by atoms with Gasteiger partial charge < -0.3 is 14.6 Å². The van der Waals surface area contributed by atoms with E-state index >= 15 is 4.39 Å². The first kappa shape index (κ1) is 25.9. The lowest BCUT2D eigenvalue weighted by atomic mass is 9.82. The molecular formula is C29H35FN2O4. The maximum atomic E-state index is 15.5. The minimum atomic E-state index is -0.930. The van der Waals surface area contributed by atoms with E-state index in [1.807, 2.05) is 36.4 Å². The van der Waals surface area contributed by atoms with Gasteiger partial charge in [-0.3, -0.25) is 4.68 Å². The van der Waals surface area contributed by atoms with Gasteiger partial charge in [0.05, 0.1) is 13.7 Å². The maximum Gasteiger partial charge on any atom is 0.329 e. The highest BCUT2D eigenvalue weighted by molar-refractivity contribution is 5.84. The van der Waals surface area contributed by atoms with Gasteiger partial charge in [0.1, 0.15) is 12.3 Å². The second-order valence-electron chi connectivity index (χ2n) is 9.93. The van der Waals surface area contributed by atoms with Gasteiger partial charge in [-0.2, -0.15) is 5.10 Å². The number of carboxylic acids is 1. The third-order valence-electron chi connectivity index (χ3n) is 7.01. The summed E-state index contributed by atoms with van der Waals surface area (Å²) in [6, 6.07) is 15.2. The Morgan fingerprint density at radius 2 is 1.78 bits per heavy atom. The molecule has 0 aliphatic heterocycles. The molecule has 1 aliphatic rings. The van der Waals surface area contributed by atoms with Crippen molar-refractivity contribution in [2.45, 2.75) is 52.0 Å². The highest BCUT2D eigenvalue weighted by Gasteiger charge is 2.28. The number of halogens is 1. The van der Waals surface area contributed by atoms with E-state index in [-0.39, 0.29) is 24.1 Å². The first-order chi connectivity index (χ1) is 17.4. The van der Waals surface area contributed by atoms with Crippen LogP contribution in [0.1, 0.15) is 51.1 Å². The molecule has 0 unspecified atom stereocenters. The molecule has 0 bridgehead atoms. The van der Waals surface area contributed by atoms with Crippen LogP contribution in [0.2, 0.25) is 0 Å². The van der Waals surface area contributed by atoms with E-state index in [4.69, 9.17) is 19.7 Å². The molecule has 2 aromatic carbocycles. The van der Waals surface area contributed by atoms with Crippen molar-refractivity contribution in [2.24, 2.45) is 11.8 Å². The van der Waals surface area contributed by atoms with Crippen LogP contribution in [0.4, 0.5) is 4.39 Å². The van der Waals surface area contributed by atoms with Gasteiger partial charge in [-0.05, 0) is 49.5 Å². The molecule has 0 saturated heterocycles. The molecule has 4 rings (SSSR count). The molecule has 1 heterocycles. The number of rotatable bonds is 10. The van der Waals surface area contributed by atoms with E-state index in [1.54, 1.807) is 12.1 Å². The van der Waals surface area contributed by atoms with E-state index in [0.29, 0.717) is 24.0 Å². The fraction of sp³-hybridized carbons (Fsp3) is 0.448. The Labute approximate surface area is 212 Å². The fourth-order valence-corrected chi connectivity index (χ4v) is 5.26. The van der Waals surface area contributed by atoms with Gasteiger partial charge in [-0.25, -0.2) is 9.18 Å². The smallest absolute Gasteiger partial charge is 0.329 e. The van der Waals surface area contributed by atoms with Gasteiger partial charge in [0.2, 0.25) is 0 Å². The summed E-state index contributed by atoms with van der Waals surface area (Å²) in [7, 11) is 1.48. The number of aromatic nitrogens is 2. The predicted octanol–water partition coefficient (Wildman–Crippen LogP) is 6.40. The number of methoxy groups -OCH3 is 1. The van der Waals surface area contributed by atoms with Crippen molar-refractivity contribution in [1.82, 2.24) is 9.78 Å². The third-order valence-corrected chi connectivity index (χ3v) is 7.01. The Bertz CT molecular complexity index is 1170. The Hall–Kier alpha value is -3.19. The summed E-state index contributed by atoms with van der Waals surface area (Å²) in [5.74, 6) is -0.107. The largest absolute Gasteiger partial charge is 0.494 e. The number of nitrogens with zero attached hydrogens (tertiary/aromatic N) is 2. The predicted molar refractivity (Wildman–Crippen MR) is 138 cm³/mol. The van der Waals surface area contributed by atoms with E-state index in [1.165, 1.54) is 7.11 Å². The zero-order valence-electron chi connectivity index (χ0n) is 21.2. The molecule has 1 aromatic heterocycles. The van der Waals surface area contributed by atoms with Gasteiger partial charge in [0.15, 0.2) is 11.6 Å². The number of benzene rings is 2. The van der Waals surface area contributed by atoms with Crippen molar-refractivity contribution in [1.29, 1.82) is 0 Å². The number of carboxylic acid groups (broad SMARTS) is 1. The van der Waals surface area contributed by atoms with Crippen LogP contribution in [-0.4, -0.2) is 41.2 Å². The number of carbonyl (C=O) groups is 1. The second-order valence-corrected chi connectivity index (χ2v) is 9.93. The topological polar surface area (TPSA) is 73.6 Å². The van der Waals surface area contributed by atoms with Crippen LogP contribution in [0.3, 0.4) is 0 Å². The van der Waals surface area contributed by atoms with E-state index in [0.717, 1.165) is 54.7 Å². The van der Waals surface area contributed by atoms with Crippen molar-refractivity contribution in [3.8, 4) is 28.1 Å². The summed E-state index contributed by atoms with van der Waals surface area (Å²) in [6.45, 7) is 5.27. The van der Waals surface area contributed by atoms with Crippen LogP contribution in [0.5, 0.6) is 5.75 Å². The molecule has 0 radical (unpaired) electrons. The summed E-state index contributed by atoms with van der Waals surface area (Å²) in [5.41, 5.74) is 4.08. The molecule has 1 N–H and O–H groups in total. The Kier molecular flexibility index (Phi) is 8.41. The van der Waals surface area contributed by atoms with E-state index < -0.39 is 5.97 Å². The Morgan fingerprint density at radius 1 is 1.08 bits per heavy atom. The molecule has 1 saturated carbocycles. The van der Waals surface area contributed by atoms with Crippen LogP contribution >= 0.6 is 0 Å².